The van der Waals surface area contributed by atoms with E-state index in [0.29, 0.717) is 30.9 Å². The summed E-state index contributed by atoms with van der Waals surface area (Å²) in [4.78, 5) is 12.7. The Morgan fingerprint density at radius 2 is 1.70 bits per heavy atom. The van der Waals surface area contributed by atoms with Gasteiger partial charge in [-0.2, -0.15) is 4.31 Å². The molecule has 7 heteroatoms. The largest absolute Gasteiger partial charge is 0.481 e. The Balaban J connectivity index is 1.65. The molecule has 0 unspecified atom stereocenters. The second kappa shape index (κ2) is 8.54. The minimum atomic E-state index is -3.45. The molecule has 1 aliphatic rings. The van der Waals surface area contributed by atoms with E-state index >= 15 is 0 Å². The van der Waals surface area contributed by atoms with E-state index in [9.17, 15) is 13.2 Å². The Morgan fingerprint density at radius 1 is 1.07 bits per heavy atom. The summed E-state index contributed by atoms with van der Waals surface area (Å²) in [5.74, 6) is 0.364. The van der Waals surface area contributed by atoms with Crippen molar-refractivity contribution in [3.8, 4) is 5.75 Å². The average Bonchev–Trinajstić information content (AvgIpc) is 3.23. The van der Waals surface area contributed by atoms with Crippen molar-refractivity contribution in [1.82, 2.24) is 4.31 Å². The zero-order valence-electron chi connectivity index (χ0n) is 15.3. The van der Waals surface area contributed by atoms with Crippen molar-refractivity contribution in [2.24, 2.45) is 0 Å². The van der Waals surface area contributed by atoms with Gasteiger partial charge in [-0.25, -0.2) is 8.42 Å². The monoisotopic (exact) mass is 388 g/mol. The number of sulfonamides is 1. The van der Waals surface area contributed by atoms with Crippen molar-refractivity contribution < 1.29 is 17.9 Å². The number of nitrogens with zero attached hydrogens (tertiary/aromatic N) is 1. The molecule has 6 nitrogen and oxygen atoms in total. The molecule has 2 aromatic rings. The van der Waals surface area contributed by atoms with Gasteiger partial charge in [-0.15, -0.1) is 0 Å². The van der Waals surface area contributed by atoms with Crippen molar-refractivity contribution in [3.05, 3.63) is 54.6 Å². The fourth-order valence-corrected chi connectivity index (χ4v) is 4.51. The first kappa shape index (κ1) is 19.4. The molecule has 1 heterocycles. The van der Waals surface area contributed by atoms with Gasteiger partial charge in [0, 0.05) is 18.8 Å². The van der Waals surface area contributed by atoms with Crippen LogP contribution in [0.3, 0.4) is 0 Å². The summed E-state index contributed by atoms with van der Waals surface area (Å²) in [5.41, 5.74) is 0.537. The maximum Gasteiger partial charge on any atom is 0.265 e. The molecule has 1 atom stereocenters. The van der Waals surface area contributed by atoms with Gasteiger partial charge < -0.3 is 10.1 Å². The van der Waals surface area contributed by atoms with Crippen molar-refractivity contribution >= 4 is 21.6 Å². The van der Waals surface area contributed by atoms with Crippen LogP contribution in [-0.2, 0) is 14.8 Å². The molecule has 2 aromatic carbocycles. The molecule has 0 bridgehead atoms. The van der Waals surface area contributed by atoms with Gasteiger partial charge in [0.05, 0.1) is 4.90 Å². The molecular weight excluding hydrogens is 364 g/mol. The van der Waals surface area contributed by atoms with Crippen LogP contribution >= 0.6 is 0 Å². The van der Waals surface area contributed by atoms with E-state index in [1.165, 1.54) is 16.4 Å². The predicted octanol–water partition coefficient (Wildman–Crippen LogP) is 3.27. The van der Waals surface area contributed by atoms with Gasteiger partial charge in [0.1, 0.15) is 5.75 Å². The fourth-order valence-electron chi connectivity index (χ4n) is 3.00. The molecule has 144 valence electrons. The van der Waals surface area contributed by atoms with Crippen LogP contribution in [0.25, 0.3) is 0 Å². The van der Waals surface area contributed by atoms with E-state index in [0.717, 1.165) is 12.8 Å². The lowest BCUT2D eigenvalue weighted by molar-refractivity contribution is -0.122. The third-order valence-electron chi connectivity index (χ3n) is 4.51. The quantitative estimate of drug-likeness (QED) is 0.790. The second-order valence-corrected chi connectivity index (χ2v) is 8.39. The van der Waals surface area contributed by atoms with Crippen LogP contribution in [0.2, 0.25) is 0 Å². The van der Waals surface area contributed by atoms with E-state index in [1.807, 2.05) is 25.1 Å². The molecule has 3 rings (SSSR count). The van der Waals surface area contributed by atoms with E-state index in [2.05, 4.69) is 5.32 Å². The Hall–Kier alpha value is -2.38. The first-order chi connectivity index (χ1) is 13.0. The maximum atomic E-state index is 12.5. The highest BCUT2D eigenvalue weighted by Gasteiger charge is 2.27. The lowest BCUT2D eigenvalue weighted by Gasteiger charge is -2.18. The number of carbonyl (C=O) groups is 1. The fraction of sp³-hybridized carbons (Fsp3) is 0.350. The molecule has 1 amide bonds. The highest BCUT2D eigenvalue weighted by Crippen LogP contribution is 2.22. The Morgan fingerprint density at radius 3 is 2.30 bits per heavy atom. The normalized spacial score (nSPS) is 16.0. The number of hydrogen-bond acceptors (Lipinski definition) is 4. The lowest BCUT2D eigenvalue weighted by Crippen LogP contribution is -2.32. The number of rotatable bonds is 7. The van der Waals surface area contributed by atoms with Crippen LogP contribution < -0.4 is 10.1 Å². The minimum Gasteiger partial charge on any atom is -0.481 e. The molecule has 0 aromatic heterocycles. The van der Waals surface area contributed by atoms with Crippen molar-refractivity contribution in [3.63, 3.8) is 0 Å². The van der Waals surface area contributed by atoms with Crippen LogP contribution in [0.5, 0.6) is 5.75 Å². The summed E-state index contributed by atoms with van der Waals surface area (Å²) >= 11 is 0. The maximum absolute atomic E-state index is 12.5. The number of para-hydroxylation sites is 1. The minimum absolute atomic E-state index is 0.245. The van der Waals surface area contributed by atoms with Crippen LogP contribution in [0.15, 0.2) is 59.5 Å². The number of hydrogen-bond donors (Lipinski definition) is 1. The third-order valence-corrected chi connectivity index (χ3v) is 6.42. The Labute approximate surface area is 160 Å². The highest BCUT2D eigenvalue weighted by molar-refractivity contribution is 7.89. The zero-order chi connectivity index (χ0) is 19.3. The van der Waals surface area contributed by atoms with Gasteiger partial charge in [-0.05, 0) is 55.7 Å². The molecule has 0 spiro atoms. The van der Waals surface area contributed by atoms with E-state index in [1.54, 1.807) is 24.3 Å². The molecular formula is C20H24N2O4S. The second-order valence-electron chi connectivity index (χ2n) is 6.45. The topological polar surface area (TPSA) is 75.7 Å². The summed E-state index contributed by atoms with van der Waals surface area (Å²) in [5, 5.41) is 2.79. The SMILES string of the molecule is CC[C@@H](Oc1ccccc1)C(=O)Nc1ccc(S(=O)(=O)N2CCCC2)cc1. The van der Waals surface area contributed by atoms with E-state index in [-0.39, 0.29) is 10.8 Å². The van der Waals surface area contributed by atoms with Crippen molar-refractivity contribution in [2.45, 2.75) is 37.2 Å². The first-order valence-electron chi connectivity index (χ1n) is 9.13. The summed E-state index contributed by atoms with van der Waals surface area (Å²) in [6, 6.07) is 15.4. The van der Waals surface area contributed by atoms with Crippen molar-refractivity contribution in [1.29, 1.82) is 0 Å². The van der Waals surface area contributed by atoms with Crippen LogP contribution in [0, 0.1) is 0 Å². The van der Waals surface area contributed by atoms with Gasteiger partial charge >= 0.3 is 0 Å². The molecule has 1 saturated heterocycles. The van der Waals surface area contributed by atoms with Gasteiger partial charge in [0.2, 0.25) is 10.0 Å². The van der Waals surface area contributed by atoms with Gasteiger partial charge in [0.15, 0.2) is 6.10 Å². The summed E-state index contributed by atoms with van der Waals surface area (Å²) in [7, 11) is -3.45. The highest BCUT2D eigenvalue weighted by atomic mass is 32.2. The summed E-state index contributed by atoms with van der Waals surface area (Å²) < 4.78 is 32.3. The predicted molar refractivity (Wildman–Crippen MR) is 104 cm³/mol. The number of nitrogens with one attached hydrogen (secondary N) is 1. The van der Waals surface area contributed by atoms with E-state index < -0.39 is 16.1 Å². The van der Waals surface area contributed by atoms with Crippen LogP contribution in [0.1, 0.15) is 26.2 Å². The van der Waals surface area contributed by atoms with Gasteiger partial charge in [0.25, 0.3) is 5.91 Å². The molecule has 0 radical (unpaired) electrons. The lowest BCUT2D eigenvalue weighted by atomic mass is 10.2. The van der Waals surface area contributed by atoms with Crippen molar-refractivity contribution in [2.75, 3.05) is 18.4 Å². The number of ether oxygens (including phenoxy) is 1. The Bertz CT molecular complexity index is 861. The smallest absolute Gasteiger partial charge is 0.265 e. The first-order valence-corrected chi connectivity index (χ1v) is 10.6. The Kier molecular flexibility index (Phi) is 6.13. The number of amides is 1. The molecule has 0 saturated carbocycles. The average molecular weight is 388 g/mol. The van der Waals surface area contributed by atoms with E-state index in [4.69, 9.17) is 4.74 Å². The zero-order valence-corrected chi connectivity index (χ0v) is 16.1. The molecule has 1 N–H and O–H groups in total. The molecule has 1 aliphatic heterocycles. The summed E-state index contributed by atoms with van der Waals surface area (Å²) in [6.45, 7) is 3.00. The number of benzene rings is 2. The van der Waals surface area contributed by atoms with Crippen LogP contribution in [-0.4, -0.2) is 37.8 Å². The molecule has 1 fully saturated rings. The number of carbonyl (C=O) groups excluding carboxylic acids is 1. The molecule has 0 aliphatic carbocycles. The van der Waals surface area contributed by atoms with Gasteiger partial charge in [-0.3, -0.25) is 4.79 Å². The van der Waals surface area contributed by atoms with Gasteiger partial charge in [-0.1, -0.05) is 25.1 Å². The number of anilines is 1. The third kappa shape index (κ3) is 4.67. The van der Waals surface area contributed by atoms with Crippen LogP contribution in [0.4, 0.5) is 5.69 Å². The molecule has 27 heavy (non-hydrogen) atoms. The standard InChI is InChI=1S/C20H24N2O4S/c1-2-19(26-17-8-4-3-5-9-17)20(23)21-16-10-12-18(13-11-16)27(24,25)22-14-6-7-15-22/h3-5,8-13,19H,2,6-7,14-15H2,1H3,(H,21,23)/t19-/m1/s1. The summed E-state index contributed by atoms with van der Waals surface area (Å²) in [6.07, 6.45) is 1.68.